The molecule has 178 valence electrons. The van der Waals surface area contributed by atoms with Gasteiger partial charge in [0.1, 0.15) is 0 Å². The molecular formula is C19H38N2O9. The zero-order chi connectivity index (χ0) is 22.6. The van der Waals surface area contributed by atoms with Gasteiger partial charge in [-0.2, -0.15) is 0 Å². The second-order valence-corrected chi connectivity index (χ2v) is 7.24. The minimum absolute atomic E-state index is 0.120. The van der Waals surface area contributed by atoms with E-state index in [1.807, 2.05) is 0 Å². The van der Waals surface area contributed by atoms with Crippen LogP contribution in [0.3, 0.4) is 0 Å². The van der Waals surface area contributed by atoms with Crippen molar-refractivity contribution in [1.29, 1.82) is 0 Å². The smallest absolute Gasteiger partial charge is 0.314 e. The molecule has 7 N–H and O–H groups in total. The molecule has 0 rings (SSSR count). The van der Waals surface area contributed by atoms with Crippen molar-refractivity contribution in [3.05, 3.63) is 0 Å². The Bertz CT molecular complexity index is 414. The highest BCUT2D eigenvalue weighted by Gasteiger charge is 2.15. The summed E-state index contributed by atoms with van der Waals surface area (Å²) < 4.78 is 11.0. The van der Waals surface area contributed by atoms with E-state index in [0.29, 0.717) is 25.8 Å². The SMILES string of the molecule is O=C(O)CCCCCNC(=O)NCC(COCC(CO)CO)COCC(CO)CO. The first-order valence-corrected chi connectivity index (χ1v) is 10.3. The van der Waals surface area contributed by atoms with Crippen molar-refractivity contribution in [1.82, 2.24) is 10.6 Å². The first-order chi connectivity index (χ1) is 14.5. The van der Waals surface area contributed by atoms with Gasteiger partial charge in [-0.3, -0.25) is 4.79 Å². The maximum absolute atomic E-state index is 11.9. The average Bonchev–Trinajstić information content (AvgIpc) is 2.74. The van der Waals surface area contributed by atoms with Crippen molar-refractivity contribution < 1.29 is 44.6 Å². The molecule has 0 aromatic heterocycles. The van der Waals surface area contributed by atoms with Gasteiger partial charge in [0.25, 0.3) is 0 Å². The van der Waals surface area contributed by atoms with Crippen LogP contribution in [0.15, 0.2) is 0 Å². The molecule has 11 heteroatoms. The number of carboxylic acids is 1. The molecule has 0 unspecified atom stereocenters. The van der Waals surface area contributed by atoms with Crippen molar-refractivity contribution >= 4 is 12.0 Å². The van der Waals surface area contributed by atoms with Crippen LogP contribution in [0.2, 0.25) is 0 Å². The van der Waals surface area contributed by atoms with E-state index in [1.54, 1.807) is 0 Å². The molecule has 0 saturated carbocycles. The number of nitrogens with one attached hydrogen (secondary N) is 2. The second kappa shape index (κ2) is 19.5. The lowest BCUT2D eigenvalue weighted by atomic mass is 10.1. The molecule has 0 heterocycles. The summed E-state index contributed by atoms with van der Waals surface area (Å²) in [6.45, 7) is 0.717. The van der Waals surface area contributed by atoms with Crippen LogP contribution in [-0.4, -0.2) is 103 Å². The lowest BCUT2D eigenvalue weighted by Crippen LogP contribution is -2.41. The van der Waals surface area contributed by atoms with E-state index in [4.69, 9.17) is 35.0 Å². The van der Waals surface area contributed by atoms with Gasteiger partial charge >= 0.3 is 12.0 Å². The number of unbranched alkanes of at least 4 members (excludes halogenated alkanes) is 2. The third-order valence-electron chi connectivity index (χ3n) is 4.35. The first-order valence-electron chi connectivity index (χ1n) is 10.3. The van der Waals surface area contributed by atoms with Crippen LogP contribution in [0.1, 0.15) is 25.7 Å². The van der Waals surface area contributed by atoms with Gasteiger partial charge in [0, 0.05) is 37.3 Å². The third kappa shape index (κ3) is 16.3. The normalized spacial score (nSPS) is 11.4. The first kappa shape index (κ1) is 28.5. The highest BCUT2D eigenvalue weighted by molar-refractivity contribution is 5.73. The Morgan fingerprint density at radius 1 is 0.700 bits per heavy atom. The quantitative estimate of drug-likeness (QED) is 0.115. The minimum Gasteiger partial charge on any atom is -0.481 e. The Labute approximate surface area is 177 Å². The van der Waals surface area contributed by atoms with Gasteiger partial charge in [0.2, 0.25) is 0 Å². The van der Waals surface area contributed by atoms with Crippen molar-refractivity contribution in [3.8, 4) is 0 Å². The van der Waals surface area contributed by atoms with Crippen molar-refractivity contribution in [2.45, 2.75) is 25.7 Å². The molecule has 0 aromatic rings. The highest BCUT2D eigenvalue weighted by Crippen LogP contribution is 2.04. The largest absolute Gasteiger partial charge is 0.481 e. The number of carbonyl (C=O) groups excluding carboxylic acids is 1. The maximum atomic E-state index is 11.9. The Morgan fingerprint density at radius 2 is 1.20 bits per heavy atom. The van der Waals surface area contributed by atoms with Gasteiger partial charge in [-0.05, 0) is 12.8 Å². The molecule has 11 nitrogen and oxygen atoms in total. The molecule has 0 aliphatic heterocycles. The van der Waals surface area contributed by atoms with Crippen LogP contribution in [0.4, 0.5) is 4.79 Å². The molecular weight excluding hydrogens is 400 g/mol. The fourth-order valence-electron chi connectivity index (χ4n) is 2.37. The van der Waals surface area contributed by atoms with E-state index in [9.17, 15) is 9.59 Å². The molecule has 0 fully saturated rings. The van der Waals surface area contributed by atoms with Crippen molar-refractivity contribution in [2.24, 2.45) is 17.8 Å². The predicted molar refractivity (Wildman–Crippen MR) is 108 cm³/mol. The van der Waals surface area contributed by atoms with Crippen LogP contribution in [0.5, 0.6) is 0 Å². The molecule has 0 aliphatic carbocycles. The summed E-state index contributed by atoms with van der Waals surface area (Å²) in [5.74, 6) is -1.79. The number of aliphatic hydroxyl groups excluding tert-OH is 4. The summed E-state index contributed by atoms with van der Waals surface area (Å²) in [4.78, 5) is 22.3. The van der Waals surface area contributed by atoms with Crippen LogP contribution in [0, 0.1) is 17.8 Å². The average molecular weight is 439 g/mol. The third-order valence-corrected chi connectivity index (χ3v) is 4.35. The Hall–Kier alpha value is -1.50. The van der Waals surface area contributed by atoms with Gasteiger partial charge in [0.15, 0.2) is 0 Å². The number of urea groups is 1. The number of aliphatic hydroxyl groups is 4. The number of carboxylic acid groups (broad SMARTS) is 1. The summed E-state index contributed by atoms with van der Waals surface area (Å²) in [6, 6.07) is -0.356. The fourth-order valence-corrected chi connectivity index (χ4v) is 2.37. The van der Waals surface area contributed by atoms with E-state index in [0.717, 1.165) is 0 Å². The molecule has 0 atom stereocenters. The van der Waals surface area contributed by atoms with Crippen LogP contribution < -0.4 is 10.6 Å². The van der Waals surface area contributed by atoms with E-state index >= 15 is 0 Å². The Balaban J connectivity index is 4.22. The number of rotatable bonds is 20. The number of carbonyl (C=O) groups is 2. The number of amides is 2. The Kier molecular flexibility index (Phi) is 18.5. The molecule has 0 bridgehead atoms. The van der Waals surface area contributed by atoms with E-state index in [1.165, 1.54) is 0 Å². The highest BCUT2D eigenvalue weighted by atomic mass is 16.5. The van der Waals surface area contributed by atoms with E-state index in [-0.39, 0.29) is 89.6 Å². The fraction of sp³-hybridized carbons (Fsp3) is 0.895. The number of hydrogen-bond donors (Lipinski definition) is 7. The van der Waals surface area contributed by atoms with E-state index < -0.39 is 5.97 Å². The molecule has 30 heavy (non-hydrogen) atoms. The summed E-state index contributed by atoms with van der Waals surface area (Å²) in [7, 11) is 0. The molecule has 2 amide bonds. The van der Waals surface area contributed by atoms with Crippen molar-refractivity contribution in [3.63, 3.8) is 0 Å². The zero-order valence-electron chi connectivity index (χ0n) is 17.5. The lowest BCUT2D eigenvalue weighted by molar-refractivity contribution is -0.137. The van der Waals surface area contributed by atoms with Crippen molar-refractivity contribution in [2.75, 3.05) is 65.9 Å². The standard InChI is InChI=1S/C19H38N2O9/c22-7-16(8-23)13-29-11-15(12-30-14-17(9-24)10-25)6-21-19(28)20-5-3-1-2-4-18(26)27/h15-17,22-25H,1-14H2,(H,26,27)(H2,20,21,28). The molecule has 0 radical (unpaired) electrons. The van der Waals surface area contributed by atoms with Crippen LogP contribution >= 0.6 is 0 Å². The number of aliphatic carboxylic acids is 1. The minimum atomic E-state index is -0.829. The summed E-state index contributed by atoms with van der Waals surface area (Å²) in [5.41, 5.74) is 0. The predicted octanol–water partition coefficient (Wildman–Crippen LogP) is -1.22. The van der Waals surface area contributed by atoms with Crippen LogP contribution in [0.25, 0.3) is 0 Å². The van der Waals surface area contributed by atoms with Gasteiger partial charge in [-0.25, -0.2) is 4.79 Å². The van der Waals surface area contributed by atoms with Gasteiger partial charge in [-0.1, -0.05) is 6.42 Å². The summed E-state index contributed by atoms with van der Waals surface area (Å²) in [5, 5.41) is 50.3. The second-order valence-electron chi connectivity index (χ2n) is 7.24. The molecule has 0 aromatic carbocycles. The molecule has 0 spiro atoms. The number of ether oxygens (including phenoxy) is 2. The van der Waals surface area contributed by atoms with Gasteiger partial charge in [0.05, 0.1) is 52.9 Å². The van der Waals surface area contributed by atoms with Gasteiger partial charge < -0.3 is 45.6 Å². The number of hydrogen-bond acceptors (Lipinski definition) is 8. The van der Waals surface area contributed by atoms with Crippen LogP contribution in [-0.2, 0) is 14.3 Å². The molecule has 0 saturated heterocycles. The summed E-state index contributed by atoms with van der Waals surface area (Å²) in [6.07, 6.45) is 2.09. The summed E-state index contributed by atoms with van der Waals surface area (Å²) >= 11 is 0. The molecule has 0 aliphatic rings. The maximum Gasteiger partial charge on any atom is 0.314 e. The monoisotopic (exact) mass is 438 g/mol. The van der Waals surface area contributed by atoms with E-state index in [2.05, 4.69) is 10.6 Å². The Morgan fingerprint density at radius 3 is 1.67 bits per heavy atom. The topological polar surface area (TPSA) is 178 Å². The van der Waals surface area contributed by atoms with Gasteiger partial charge in [-0.15, -0.1) is 0 Å². The lowest BCUT2D eigenvalue weighted by Gasteiger charge is -2.21. The zero-order valence-corrected chi connectivity index (χ0v) is 17.5.